The van der Waals surface area contributed by atoms with Gasteiger partial charge in [-0.05, 0) is 18.3 Å². The molecule has 0 N–H and O–H groups in total. The van der Waals surface area contributed by atoms with E-state index >= 15 is 0 Å². The predicted octanol–water partition coefficient (Wildman–Crippen LogP) is 2.51. The summed E-state index contributed by atoms with van der Waals surface area (Å²) in [4.78, 5) is 3.92. The zero-order chi connectivity index (χ0) is 9.10. The molecule has 1 aliphatic rings. The molecule has 0 bridgehead atoms. The topological polar surface area (TPSA) is 17.8 Å². The van der Waals surface area contributed by atoms with Crippen LogP contribution in [0.2, 0.25) is 0 Å². The molecule has 1 aromatic heterocycles. The van der Waals surface area contributed by atoms with E-state index in [9.17, 15) is 0 Å². The minimum atomic E-state index is 0.885. The SMILES string of the molecule is C[C@H](CCn1c[c]nc1)C1CCC1. The maximum atomic E-state index is 3.92. The highest BCUT2D eigenvalue weighted by Gasteiger charge is 2.23. The van der Waals surface area contributed by atoms with Crippen LogP contribution in [0.15, 0.2) is 12.5 Å². The Kier molecular flexibility index (Phi) is 2.67. The normalized spacial score (nSPS) is 19.8. The largest absolute Gasteiger partial charge is 0.337 e. The van der Waals surface area contributed by atoms with Gasteiger partial charge in [0.2, 0.25) is 0 Å². The number of hydrogen-bond donors (Lipinski definition) is 0. The van der Waals surface area contributed by atoms with Crippen LogP contribution in [-0.4, -0.2) is 9.55 Å². The molecule has 0 amide bonds. The van der Waals surface area contributed by atoms with Crippen LogP contribution in [0.5, 0.6) is 0 Å². The van der Waals surface area contributed by atoms with Gasteiger partial charge in [0.1, 0.15) is 6.20 Å². The van der Waals surface area contributed by atoms with Crippen molar-refractivity contribution in [2.75, 3.05) is 0 Å². The zero-order valence-electron chi connectivity index (χ0n) is 8.24. The number of aromatic nitrogens is 2. The van der Waals surface area contributed by atoms with Gasteiger partial charge >= 0.3 is 0 Å². The van der Waals surface area contributed by atoms with E-state index in [2.05, 4.69) is 22.7 Å². The Morgan fingerprint density at radius 2 is 2.46 bits per heavy atom. The lowest BCUT2D eigenvalue weighted by atomic mass is 9.75. The summed E-state index contributed by atoms with van der Waals surface area (Å²) in [5.41, 5.74) is 0. The van der Waals surface area contributed by atoms with Gasteiger partial charge in [-0.3, -0.25) is 0 Å². The van der Waals surface area contributed by atoms with Crippen LogP contribution >= 0.6 is 0 Å². The van der Waals surface area contributed by atoms with Crippen molar-refractivity contribution in [2.45, 2.75) is 39.2 Å². The molecule has 0 spiro atoms. The van der Waals surface area contributed by atoms with E-state index in [-0.39, 0.29) is 0 Å². The zero-order valence-corrected chi connectivity index (χ0v) is 8.24. The Hall–Kier alpha value is -0.790. The van der Waals surface area contributed by atoms with Gasteiger partial charge in [-0.1, -0.05) is 26.2 Å². The van der Waals surface area contributed by atoms with Gasteiger partial charge in [-0.15, -0.1) is 0 Å². The molecule has 1 saturated carbocycles. The van der Waals surface area contributed by atoms with E-state index in [4.69, 9.17) is 0 Å². The lowest BCUT2D eigenvalue weighted by Gasteiger charge is -2.31. The van der Waals surface area contributed by atoms with Gasteiger partial charge in [0, 0.05) is 12.7 Å². The number of nitrogens with zero attached hydrogens (tertiary/aromatic N) is 2. The molecule has 0 aromatic carbocycles. The summed E-state index contributed by atoms with van der Waals surface area (Å²) < 4.78 is 2.12. The molecule has 1 fully saturated rings. The molecule has 2 rings (SSSR count). The van der Waals surface area contributed by atoms with Crippen LogP contribution in [0.4, 0.5) is 0 Å². The van der Waals surface area contributed by atoms with Crippen LogP contribution in [0.3, 0.4) is 0 Å². The second-order valence-corrected chi connectivity index (χ2v) is 4.20. The van der Waals surface area contributed by atoms with Crippen LogP contribution in [0, 0.1) is 18.0 Å². The van der Waals surface area contributed by atoms with Crippen LogP contribution in [0.1, 0.15) is 32.6 Å². The van der Waals surface area contributed by atoms with Crippen molar-refractivity contribution in [3.05, 3.63) is 18.7 Å². The fourth-order valence-corrected chi connectivity index (χ4v) is 1.97. The summed E-state index contributed by atoms with van der Waals surface area (Å²) in [7, 11) is 0. The summed E-state index contributed by atoms with van der Waals surface area (Å²) in [6.45, 7) is 3.48. The van der Waals surface area contributed by atoms with Gasteiger partial charge in [0.05, 0.1) is 6.33 Å². The Labute approximate surface area is 80.0 Å². The first kappa shape index (κ1) is 8.79. The van der Waals surface area contributed by atoms with Crippen molar-refractivity contribution in [3.63, 3.8) is 0 Å². The number of hydrogen-bond acceptors (Lipinski definition) is 1. The molecule has 1 heterocycles. The van der Waals surface area contributed by atoms with Gasteiger partial charge < -0.3 is 4.57 Å². The first-order chi connectivity index (χ1) is 6.36. The van der Waals surface area contributed by atoms with Crippen molar-refractivity contribution >= 4 is 0 Å². The van der Waals surface area contributed by atoms with Crippen LogP contribution in [-0.2, 0) is 6.54 Å². The molecule has 1 radical (unpaired) electrons. The maximum Gasteiger partial charge on any atom is 0.108 e. The summed E-state index contributed by atoms with van der Waals surface area (Å²) in [5, 5.41) is 0. The fraction of sp³-hybridized carbons (Fsp3) is 0.727. The Bertz CT molecular complexity index is 237. The van der Waals surface area contributed by atoms with Crippen LogP contribution in [0.25, 0.3) is 0 Å². The summed E-state index contributed by atoms with van der Waals surface area (Å²) in [6.07, 6.45) is 12.3. The third-order valence-corrected chi connectivity index (χ3v) is 3.30. The Morgan fingerprint density at radius 3 is 3.00 bits per heavy atom. The van der Waals surface area contributed by atoms with E-state index in [1.165, 1.54) is 25.7 Å². The van der Waals surface area contributed by atoms with E-state index < -0.39 is 0 Å². The highest BCUT2D eigenvalue weighted by molar-refractivity contribution is 4.77. The van der Waals surface area contributed by atoms with E-state index in [0.717, 1.165) is 18.4 Å². The molecule has 0 saturated heterocycles. The predicted molar refractivity (Wildman–Crippen MR) is 52.2 cm³/mol. The van der Waals surface area contributed by atoms with Gasteiger partial charge in [0.25, 0.3) is 0 Å². The second kappa shape index (κ2) is 3.95. The monoisotopic (exact) mass is 177 g/mol. The Morgan fingerprint density at radius 1 is 1.62 bits per heavy atom. The molecule has 71 valence electrons. The standard InChI is InChI=1S/C11H17N2/c1-10(11-3-2-4-11)5-7-13-8-6-12-9-13/h8-11H,2-5,7H2,1H3/t10-/m1/s1. The van der Waals surface area contributed by atoms with Crippen LogP contribution < -0.4 is 0 Å². The lowest BCUT2D eigenvalue weighted by molar-refractivity contribution is 0.204. The van der Waals surface area contributed by atoms with Crippen molar-refractivity contribution in [1.29, 1.82) is 0 Å². The number of rotatable bonds is 4. The Balaban J connectivity index is 1.72. The smallest absolute Gasteiger partial charge is 0.108 e. The van der Waals surface area contributed by atoms with E-state index in [1.54, 1.807) is 0 Å². The van der Waals surface area contributed by atoms with Crippen molar-refractivity contribution < 1.29 is 0 Å². The van der Waals surface area contributed by atoms with Crippen molar-refractivity contribution in [3.8, 4) is 0 Å². The fourth-order valence-electron chi connectivity index (χ4n) is 1.97. The highest BCUT2D eigenvalue weighted by atomic mass is 15.0. The molecule has 2 heteroatoms. The molecule has 2 nitrogen and oxygen atoms in total. The highest BCUT2D eigenvalue weighted by Crippen LogP contribution is 2.34. The second-order valence-electron chi connectivity index (χ2n) is 4.20. The minimum Gasteiger partial charge on any atom is -0.337 e. The van der Waals surface area contributed by atoms with Gasteiger partial charge in [0.15, 0.2) is 0 Å². The van der Waals surface area contributed by atoms with Crippen molar-refractivity contribution in [1.82, 2.24) is 9.55 Å². The average Bonchev–Trinajstić information content (AvgIpc) is 2.49. The molecular formula is C11H17N2. The van der Waals surface area contributed by atoms with Gasteiger partial charge in [-0.2, -0.15) is 0 Å². The average molecular weight is 177 g/mol. The molecule has 0 aliphatic heterocycles. The molecular weight excluding hydrogens is 160 g/mol. The molecule has 0 unspecified atom stereocenters. The summed E-state index contributed by atoms with van der Waals surface area (Å²) >= 11 is 0. The third-order valence-electron chi connectivity index (χ3n) is 3.30. The number of aryl methyl sites for hydroxylation is 1. The molecule has 1 atom stereocenters. The molecule has 13 heavy (non-hydrogen) atoms. The van der Waals surface area contributed by atoms with E-state index in [1.807, 2.05) is 12.5 Å². The van der Waals surface area contributed by atoms with E-state index in [0.29, 0.717) is 0 Å². The first-order valence-corrected chi connectivity index (χ1v) is 5.24. The first-order valence-electron chi connectivity index (χ1n) is 5.24. The summed E-state index contributed by atoms with van der Waals surface area (Å²) in [6, 6.07) is 0. The lowest BCUT2D eigenvalue weighted by Crippen LogP contribution is -2.20. The maximum absolute atomic E-state index is 3.92. The quantitative estimate of drug-likeness (QED) is 0.691. The summed E-state index contributed by atoms with van der Waals surface area (Å²) in [5.74, 6) is 1.89. The molecule has 1 aliphatic carbocycles. The number of imidazole rings is 1. The van der Waals surface area contributed by atoms with Gasteiger partial charge in [-0.25, -0.2) is 4.98 Å². The third kappa shape index (κ3) is 2.11. The molecule has 1 aromatic rings. The van der Waals surface area contributed by atoms with Crippen molar-refractivity contribution in [2.24, 2.45) is 11.8 Å². The minimum absolute atomic E-state index is 0.885.